The van der Waals surface area contributed by atoms with Gasteiger partial charge >= 0.3 is 0 Å². The highest BCUT2D eigenvalue weighted by molar-refractivity contribution is 5.78. The van der Waals surface area contributed by atoms with Crippen LogP contribution in [0.3, 0.4) is 0 Å². The molecule has 0 fully saturated rings. The van der Waals surface area contributed by atoms with Gasteiger partial charge in [0, 0.05) is 12.1 Å². The third-order valence-corrected chi connectivity index (χ3v) is 4.96. The maximum atomic E-state index is 12.9. The first kappa shape index (κ1) is 19.1. The number of aryl methyl sites for hydroxylation is 1. The predicted molar refractivity (Wildman–Crippen MR) is 109 cm³/mol. The van der Waals surface area contributed by atoms with Crippen LogP contribution in [0.4, 0.5) is 0 Å². The third kappa shape index (κ3) is 4.26. The van der Waals surface area contributed by atoms with Gasteiger partial charge in [-0.05, 0) is 38.1 Å². The van der Waals surface area contributed by atoms with Gasteiger partial charge in [-0.25, -0.2) is 4.98 Å². The molecule has 29 heavy (non-hydrogen) atoms. The van der Waals surface area contributed by atoms with Gasteiger partial charge in [-0.3, -0.25) is 4.79 Å². The summed E-state index contributed by atoms with van der Waals surface area (Å²) in [7, 11) is 0. The van der Waals surface area contributed by atoms with Crippen LogP contribution in [0, 0.1) is 6.92 Å². The van der Waals surface area contributed by atoms with E-state index in [-0.39, 0.29) is 18.4 Å². The number of fused-ring (bicyclic) bond motifs is 1. The lowest BCUT2D eigenvalue weighted by molar-refractivity contribution is -0.131. The van der Waals surface area contributed by atoms with Crippen molar-refractivity contribution in [1.29, 1.82) is 0 Å². The summed E-state index contributed by atoms with van der Waals surface area (Å²) >= 11 is 0. The first-order valence-corrected chi connectivity index (χ1v) is 9.82. The summed E-state index contributed by atoms with van der Waals surface area (Å²) in [5, 5.41) is 0. The summed E-state index contributed by atoms with van der Waals surface area (Å²) in [6.45, 7) is 5.27. The van der Waals surface area contributed by atoms with E-state index < -0.39 is 0 Å². The van der Waals surface area contributed by atoms with Crippen LogP contribution in [0.1, 0.15) is 18.4 Å². The monoisotopic (exact) mass is 392 g/mol. The predicted octanol–water partition coefficient (Wildman–Crippen LogP) is 3.88. The van der Waals surface area contributed by atoms with E-state index in [0.717, 1.165) is 11.3 Å². The molecule has 1 aliphatic heterocycles. The molecule has 3 aromatic rings. The normalized spacial score (nSPS) is 15.2. The van der Waals surface area contributed by atoms with Crippen molar-refractivity contribution in [2.75, 3.05) is 19.7 Å². The van der Waals surface area contributed by atoms with E-state index in [2.05, 4.69) is 4.98 Å². The number of hydrogen-bond acceptors (Lipinski definition) is 5. The van der Waals surface area contributed by atoms with Crippen molar-refractivity contribution in [3.8, 4) is 23.0 Å². The minimum atomic E-state index is -0.202. The number of aromatic nitrogens is 1. The second-order valence-corrected chi connectivity index (χ2v) is 6.99. The number of carbonyl (C=O) groups excluding carboxylic acids is 1. The van der Waals surface area contributed by atoms with E-state index in [9.17, 15) is 4.79 Å². The fourth-order valence-corrected chi connectivity index (χ4v) is 3.36. The van der Waals surface area contributed by atoms with E-state index >= 15 is 0 Å². The summed E-state index contributed by atoms with van der Waals surface area (Å²) in [6.07, 6.45) is -0.00716. The van der Waals surface area contributed by atoms with Crippen LogP contribution < -0.4 is 9.47 Å². The zero-order chi connectivity index (χ0) is 20.2. The first-order chi connectivity index (χ1) is 14.1. The average molecular weight is 392 g/mol. The molecule has 0 radical (unpaired) electrons. The molecule has 6 nitrogen and oxygen atoms in total. The van der Waals surface area contributed by atoms with Gasteiger partial charge in [0.25, 0.3) is 0 Å². The number of nitrogens with zero attached hydrogens (tertiary/aromatic N) is 2. The van der Waals surface area contributed by atoms with Gasteiger partial charge in [0.2, 0.25) is 11.8 Å². The van der Waals surface area contributed by atoms with E-state index in [1.165, 1.54) is 0 Å². The van der Waals surface area contributed by atoms with Crippen LogP contribution in [0.5, 0.6) is 11.5 Å². The van der Waals surface area contributed by atoms with Gasteiger partial charge in [0.05, 0.1) is 18.7 Å². The molecule has 1 atom stereocenters. The minimum Gasteiger partial charge on any atom is -0.486 e. The lowest BCUT2D eigenvalue weighted by atomic mass is 10.2. The van der Waals surface area contributed by atoms with Crippen LogP contribution in [-0.4, -0.2) is 41.6 Å². The first-order valence-electron chi connectivity index (χ1n) is 9.82. The van der Waals surface area contributed by atoms with E-state index in [4.69, 9.17) is 13.9 Å². The minimum absolute atomic E-state index is 0.00836. The molecule has 1 aliphatic rings. The van der Waals surface area contributed by atoms with Crippen LogP contribution in [0.25, 0.3) is 11.5 Å². The maximum Gasteiger partial charge on any atom is 0.228 e. The summed E-state index contributed by atoms with van der Waals surface area (Å²) < 4.78 is 17.5. The summed E-state index contributed by atoms with van der Waals surface area (Å²) in [6, 6.07) is 17.3. The number of para-hydroxylation sites is 2. The lowest BCUT2D eigenvalue weighted by Crippen LogP contribution is -2.44. The van der Waals surface area contributed by atoms with Crippen LogP contribution >= 0.6 is 0 Å². The number of carbonyl (C=O) groups is 1. The molecule has 1 unspecified atom stereocenters. The Hall–Kier alpha value is -3.28. The summed E-state index contributed by atoms with van der Waals surface area (Å²) in [5.74, 6) is 2.65. The molecule has 0 saturated carbocycles. The Morgan fingerprint density at radius 3 is 2.59 bits per heavy atom. The Kier molecular flexibility index (Phi) is 5.51. The van der Waals surface area contributed by atoms with E-state index in [0.29, 0.717) is 42.8 Å². The Labute approximate surface area is 170 Å². The molecule has 2 heterocycles. The molecular formula is C23H24N2O4. The fraction of sp³-hybridized carbons (Fsp3) is 0.304. The number of rotatable bonds is 6. The van der Waals surface area contributed by atoms with Crippen molar-refractivity contribution in [3.05, 3.63) is 66.1 Å². The molecule has 2 aromatic carbocycles. The molecule has 1 amide bonds. The Balaban J connectivity index is 1.42. The molecule has 1 aromatic heterocycles. The van der Waals surface area contributed by atoms with Crippen LogP contribution in [0.2, 0.25) is 0 Å². The summed E-state index contributed by atoms with van der Waals surface area (Å²) in [5.41, 5.74) is 1.56. The van der Waals surface area contributed by atoms with Gasteiger partial charge in [-0.1, -0.05) is 30.3 Å². The molecular weight excluding hydrogens is 368 g/mol. The highest BCUT2D eigenvalue weighted by Crippen LogP contribution is 2.31. The maximum absolute atomic E-state index is 12.9. The van der Waals surface area contributed by atoms with Crippen molar-refractivity contribution in [3.63, 3.8) is 0 Å². The molecule has 0 spiro atoms. The van der Waals surface area contributed by atoms with Gasteiger partial charge in [-0.2, -0.15) is 0 Å². The molecule has 0 aliphatic carbocycles. The second kappa shape index (κ2) is 8.39. The molecule has 4 rings (SSSR count). The zero-order valence-corrected chi connectivity index (χ0v) is 16.6. The van der Waals surface area contributed by atoms with E-state index in [1.807, 2.05) is 68.4 Å². The lowest BCUT2D eigenvalue weighted by Gasteiger charge is -2.30. The van der Waals surface area contributed by atoms with Crippen molar-refractivity contribution >= 4 is 5.91 Å². The summed E-state index contributed by atoms with van der Waals surface area (Å²) in [4.78, 5) is 19.2. The molecule has 6 heteroatoms. The SMILES string of the molecule is CCN(CC1COc2ccccc2O1)C(=O)Cc1nc(-c2ccccc2)oc1C. The smallest absolute Gasteiger partial charge is 0.228 e. The number of hydrogen-bond donors (Lipinski definition) is 0. The topological polar surface area (TPSA) is 64.8 Å². The second-order valence-electron chi connectivity index (χ2n) is 6.99. The van der Waals surface area contributed by atoms with E-state index in [1.54, 1.807) is 4.90 Å². The molecule has 0 bridgehead atoms. The number of ether oxygens (including phenoxy) is 2. The number of likely N-dealkylation sites (N-methyl/N-ethyl adjacent to an activating group) is 1. The Morgan fingerprint density at radius 2 is 1.83 bits per heavy atom. The molecule has 0 N–H and O–H groups in total. The third-order valence-electron chi connectivity index (χ3n) is 4.96. The quantitative estimate of drug-likeness (QED) is 0.637. The molecule has 0 saturated heterocycles. The van der Waals surface area contributed by atoms with Gasteiger partial charge in [0.15, 0.2) is 17.6 Å². The van der Waals surface area contributed by atoms with Gasteiger partial charge in [-0.15, -0.1) is 0 Å². The number of benzene rings is 2. The van der Waals surface area contributed by atoms with Crippen LogP contribution in [-0.2, 0) is 11.2 Å². The largest absolute Gasteiger partial charge is 0.486 e. The highest BCUT2D eigenvalue weighted by atomic mass is 16.6. The Morgan fingerprint density at radius 1 is 1.10 bits per heavy atom. The number of amides is 1. The van der Waals surface area contributed by atoms with Crippen molar-refractivity contribution in [2.45, 2.75) is 26.4 Å². The standard InChI is InChI=1S/C23H24N2O4/c1-3-25(14-18-15-27-20-11-7-8-12-21(20)29-18)22(26)13-19-16(2)28-23(24-19)17-9-5-4-6-10-17/h4-12,18H,3,13-15H2,1-2H3. The fourth-order valence-electron chi connectivity index (χ4n) is 3.36. The number of oxazole rings is 1. The van der Waals surface area contributed by atoms with Crippen molar-refractivity contribution in [1.82, 2.24) is 9.88 Å². The van der Waals surface area contributed by atoms with Crippen molar-refractivity contribution in [2.24, 2.45) is 0 Å². The highest BCUT2D eigenvalue weighted by Gasteiger charge is 2.26. The van der Waals surface area contributed by atoms with Gasteiger partial charge < -0.3 is 18.8 Å². The average Bonchev–Trinajstić information content (AvgIpc) is 3.12. The van der Waals surface area contributed by atoms with Crippen LogP contribution in [0.15, 0.2) is 59.0 Å². The van der Waals surface area contributed by atoms with Gasteiger partial charge in [0.1, 0.15) is 12.4 Å². The van der Waals surface area contributed by atoms with Crippen molar-refractivity contribution < 1.29 is 18.7 Å². The molecule has 150 valence electrons. The zero-order valence-electron chi connectivity index (χ0n) is 16.6. The Bertz CT molecular complexity index is 984.